The van der Waals surface area contributed by atoms with Crippen molar-refractivity contribution in [3.63, 3.8) is 0 Å². The number of benzene rings is 3. The Bertz CT molecular complexity index is 1270. The lowest BCUT2D eigenvalue weighted by Crippen LogP contribution is -2.18. The van der Waals surface area contributed by atoms with Crippen LogP contribution in [0.4, 0.5) is 18.9 Å². The molecule has 0 saturated carbocycles. The third-order valence-electron chi connectivity index (χ3n) is 4.41. The second-order valence-electron chi connectivity index (χ2n) is 6.61. The van der Waals surface area contributed by atoms with E-state index in [2.05, 4.69) is 0 Å². The molecule has 11 heteroatoms. The molecule has 3 rings (SSSR count). The first-order valence-corrected chi connectivity index (χ1v) is 10.5. The quantitative estimate of drug-likeness (QED) is 0.218. The maximum absolute atomic E-state index is 12.8. The first-order valence-electron chi connectivity index (χ1n) is 9.14. The van der Waals surface area contributed by atoms with Crippen molar-refractivity contribution in [2.45, 2.75) is 11.1 Å². The number of alkyl halides is 3. The smallest absolute Gasteiger partial charge is 0.416 e. The Morgan fingerprint density at radius 3 is 2.12 bits per heavy atom. The summed E-state index contributed by atoms with van der Waals surface area (Å²) in [5.74, 6) is -1.64. The van der Waals surface area contributed by atoms with Crippen molar-refractivity contribution in [2.75, 3.05) is 5.75 Å². The van der Waals surface area contributed by atoms with Gasteiger partial charge in [0, 0.05) is 6.07 Å². The highest BCUT2D eigenvalue weighted by Gasteiger charge is 2.34. The molecule has 0 heterocycles. The van der Waals surface area contributed by atoms with Crippen LogP contribution in [-0.4, -0.2) is 20.9 Å². The van der Waals surface area contributed by atoms with Gasteiger partial charge >= 0.3 is 12.1 Å². The number of ether oxygens (including phenoxy) is 1. The first kappa shape index (κ1) is 23.6. The summed E-state index contributed by atoms with van der Waals surface area (Å²) >= 11 is 0. The number of nitrogens with zero attached hydrogens (tertiary/aromatic N) is 2. The number of nitro groups is 1. The number of nitro benzene ring substituents is 1. The Hall–Kier alpha value is -4.04. The fraction of sp³-hybridized carbons (Fsp3) is 0.0909. The predicted octanol–water partition coefficient (Wildman–Crippen LogP) is 4.87. The van der Waals surface area contributed by atoms with Gasteiger partial charge in [-0.15, -0.1) is 0 Å². The van der Waals surface area contributed by atoms with E-state index in [1.165, 1.54) is 12.1 Å². The first-order chi connectivity index (χ1) is 15.6. The van der Waals surface area contributed by atoms with E-state index in [4.69, 9.17) is 10.00 Å². The minimum atomic E-state index is -4.81. The van der Waals surface area contributed by atoms with Crippen LogP contribution in [0.25, 0.3) is 11.1 Å². The van der Waals surface area contributed by atoms with Crippen LogP contribution in [0.3, 0.4) is 0 Å². The van der Waals surface area contributed by atoms with E-state index in [1.807, 2.05) is 6.07 Å². The highest BCUT2D eigenvalue weighted by Crippen LogP contribution is 2.34. The Balaban J connectivity index is 1.70. The van der Waals surface area contributed by atoms with Crippen LogP contribution in [0.1, 0.15) is 11.1 Å². The predicted molar refractivity (Wildman–Crippen MR) is 112 cm³/mol. The van der Waals surface area contributed by atoms with Gasteiger partial charge in [-0.05, 0) is 47.5 Å². The fourth-order valence-electron chi connectivity index (χ4n) is 2.83. The SMILES string of the molecule is N#Cc1ccc(-c2ccc(OC(=O)CS(=O)c3ccc(C(F)(F)F)cc3[N+](=O)[O-])cc2)cc1. The zero-order valence-electron chi connectivity index (χ0n) is 16.5. The number of hydrogen-bond acceptors (Lipinski definition) is 6. The van der Waals surface area contributed by atoms with Crippen molar-refractivity contribution in [1.29, 1.82) is 5.26 Å². The second kappa shape index (κ2) is 9.62. The molecule has 0 amide bonds. The number of rotatable bonds is 6. The van der Waals surface area contributed by atoms with Crippen LogP contribution in [0, 0.1) is 21.4 Å². The lowest BCUT2D eigenvalue weighted by atomic mass is 10.0. The summed E-state index contributed by atoms with van der Waals surface area (Å²) < 4.78 is 55.9. The number of carbonyl (C=O) groups is 1. The molecule has 0 aromatic heterocycles. The van der Waals surface area contributed by atoms with Gasteiger partial charge in [0.2, 0.25) is 0 Å². The topological polar surface area (TPSA) is 110 Å². The minimum Gasteiger partial charge on any atom is -0.426 e. The number of esters is 1. The van der Waals surface area contributed by atoms with Gasteiger partial charge in [0.05, 0.1) is 32.9 Å². The number of nitriles is 1. The zero-order valence-corrected chi connectivity index (χ0v) is 17.4. The minimum absolute atomic E-state index is 0.122. The van der Waals surface area contributed by atoms with Crippen LogP contribution >= 0.6 is 0 Å². The average molecular weight is 474 g/mol. The van der Waals surface area contributed by atoms with Crippen LogP contribution in [0.15, 0.2) is 71.6 Å². The van der Waals surface area contributed by atoms with Gasteiger partial charge in [-0.2, -0.15) is 18.4 Å². The molecule has 1 unspecified atom stereocenters. The van der Waals surface area contributed by atoms with Crippen molar-refractivity contribution in [3.05, 3.63) is 88.0 Å². The molecule has 0 radical (unpaired) electrons. The van der Waals surface area contributed by atoms with Crippen molar-refractivity contribution in [1.82, 2.24) is 0 Å². The van der Waals surface area contributed by atoms with E-state index in [0.29, 0.717) is 11.6 Å². The lowest BCUT2D eigenvalue weighted by molar-refractivity contribution is -0.388. The van der Waals surface area contributed by atoms with Gasteiger partial charge in [0.15, 0.2) is 0 Å². The van der Waals surface area contributed by atoms with Gasteiger partial charge in [-0.3, -0.25) is 19.1 Å². The molecule has 0 spiro atoms. The molecule has 1 atom stereocenters. The summed E-state index contributed by atoms with van der Waals surface area (Å²) in [5, 5.41) is 20.0. The van der Waals surface area contributed by atoms with E-state index in [-0.39, 0.29) is 11.8 Å². The third kappa shape index (κ3) is 5.81. The van der Waals surface area contributed by atoms with Gasteiger partial charge in [-0.25, -0.2) is 0 Å². The van der Waals surface area contributed by atoms with Crippen molar-refractivity contribution in [2.24, 2.45) is 0 Å². The van der Waals surface area contributed by atoms with Crippen LogP contribution in [-0.2, 0) is 21.8 Å². The molecule has 168 valence electrons. The van der Waals surface area contributed by atoms with Gasteiger partial charge in [0.25, 0.3) is 5.69 Å². The maximum Gasteiger partial charge on any atom is 0.416 e. The molecule has 3 aromatic rings. The van der Waals surface area contributed by atoms with Crippen molar-refractivity contribution < 1.29 is 31.8 Å². The number of hydrogen-bond donors (Lipinski definition) is 0. The summed E-state index contributed by atoms with van der Waals surface area (Å²) in [7, 11) is -2.30. The normalized spacial score (nSPS) is 11.9. The molecule has 0 aliphatic heterocycles. The zero-order chi connectivity index (χ0) is 24.2. The Morgan fingerprint density at radius 1 is 1.03 bits per heavy atom. The molecule has 0 fully saturated rings. The Kier molecular flexibility index (Phi) is 6.89. The maximum atomic E-state index is 12.8. The van der Waals surface area contributed by atoms with Gasteiger partial charge in [0.1, 0.15) is 16.4 Å². The Morgan fingerprint density at radius 2 is 1.61 bits per heavy atom. The van der Waals surface area contributed by atoms with E-state index < -0.39 is 49.8 Å². The standard InChI is InChI=1S/C22H13F3N2O5S/c23-22(24,25)17-7-10-20(19(11-17)27(29)30)33(31)13-21(28)32-18-8-5-16(6-9-18)15-3-1-14(12-26)2-4-15/h1-11H,13H2. The molecule has 3 aromatic carbocycles. The van der Waals surface area contributed by atoms with E-state index in [1.54, 1.807) is 36.4 Å². The van der Waals surface area contributed by atoms with Crippen molar-refractivity contribution in [3.8, 4) is 22.9 Å². The molecule has 0 N–H and O–H groups in total. The summed E-state index contributed by atoms with van der Waals surface area (Å²) in [4.78, 5) is 21.7. The largest absolute Gasteiger partial charge is 0.426 e. The lowest BCUT2D eigenvalue weighted by Gasteiger charge is -2.09. The molecule has 33 heavy (non-hydrogen) atoms. The van der Waals surface area contributed by atoms with Crippen LogP contribution in [0.2, 0.25) is 0 Å². The highest BCUT2D eigenvalue weighted by molar-refractivity contribution is 7.85. The van der Waals surface area contributed by atoms with E-state index >= 15 is 0 Å². The molecule has 0 aliphatic rings. The molecule has 0 saturated heterocycles. The van der Waals surface area contributed by atoms with Crippen LogP contribution < -0.4 is 4.74 Å². The van der Waals surface area contributed by atoms with Gasteiger partial charge in [-0.1, -0.05) is 24.3 Å². The van der Waals surface area contributed by atoms with Gasteiger partial charge < -0.3 is 4.74 Å². The van der Waals surface area contributed by atoms with E-state index in [0.717, 1.165) is 17.2 Å². The summed E-state index contributed by atoms with van der Waals surface area (Å²) in [6.07, 6.45) is -4.81. The molecule has 0 aliphatic carbocycles. The summed E-state index contributed by atoms with van der Waals surface area (Å²) in [6.45, 7) is 0. The molecule has 0 bridgehead atoms. The number of halogens is 3. The summed E-state index contributed by atoms with van der Waals surface area (Å²) in [5.41, 5.74) is -0.154. The number of carbonyl (C=O) groups excluding carboxylic acids is 1. The molecule has 7 nitrogen and oxygen atoms in total. The highest BCUT2D eigenvalue weighted by atomic mass is 32.2. The van der Waals surface area contributed by atoms with Crippen LogP contribution in [0.5, 0.6) is 5.75 Å². The third-order valence-corrected chi connectivity index (χ3v) is 5.74. The Labute approximate surface area is 187 Å². The fourth-order valence-corrected chi connectivity index (χ4v) is 3.84. The van der Waals surface area contributed by atoms with Crippen molar-refractivity contribution >= 4 is 22.5 Å². The van der Waals surface area contributed by atoms with E-state index in [9.17, 15) is 32.3 Å². The second-order valence-corrected chi connectivity index (χ2v) is 8.03. The molecular weight excluding hydrogens is 461 g/mol. The monoisotopic (exact) mass is 474 g/mol. The summed E-state index contributed by atoms with van der Waals surface area (Å²) in [6, 6.07) is 16.6. The average Bonchev–Trinajstić information content (AvgIpc) is 2.78. The molecular formula is C22H13F3N2O5S.